The van der Waals surface area contributed by atoms with E-state index in [0.717, 1.165) is 18.4 Å². The van der Waals surface area contributed by atoms with Crippen LogP contribution in [0.5, 0.6) is 11.5 Å². The maximum absolute atomic E-state index is 9.65. The molecule has 0 amide bonds. The Bertz CT molecular complexity index is 388. The molecule has 0 bridgehead atoms. The third-order valence-electron chi connectivity index (χ3n) is 3.10. The molecule has 0 aromatic heterocycles. The minimum Gasteiger partial charge on any atom is -0.506 e. The molecule has 0 heterocycles. The molecule has 0 saturated heterocycles. The average molecular weight is 228 g/mol. The fourth-order valence-electron chi connectivity index (χ4n) is 1.80. The zero-order valence-electron chi connectivity index (χ0n) is 8.59. The maximum Gasteiger partial charge on any atom is 0.141 e. The van der Waals surface area contributed by atoms with Gasteiger partial charge in [-0.2, -0.15) is 0 Å². The molecule has 82 valence electrons. The molecule has 1 aromatic carbocycles. The SMILES string of the molecule is COc1cc(C2(CN)CC2)cc(O)c1Cl. The molecule has 15 heavy (non-hydrogen) atoms. The van der Waals surface area contributed by atoms with Gasteiger partial charge in [-0.05, 0) is 30.5 Å². The van der Waals surface area contributed by atoms with Crippen molar-refractivity contribution in [2.75, 3.05) is 13.7 Å². The van der Waals surface area contributed by atoms with Crippen LogP contribution in [0.25, 0.3) is 0 Å². The van der Waals surface area contributed by atoms with Crippen LogP contribution in [0, 0.1) is 0 Å². The van der Waals surface area contributed by atoms with E-state index in [4.69, 9.17) is 22.1 Å². The Kier molecular flexibility index (Phi) is 2.52. The van der Waals surface area contributed by atoms with Crippen molar-refractivity contribution in [2.24, 2.45) is 5.73 Å². The van der Waals surface area contributed by atoms with Gasteiger partial charge in [0.2, 0.25) is 0 Å². The van der Waals surface area contributed by atoms with Gasteiger partial charge in [0.1, 0.15) is 16.5 Å². The van der Waals surface area contributed by atoms with E-state index in [-0.39, 0.29) is 16.2 Å². The summed E-state index contributed by atoms with van der Waals surface area (Å²) < 4.78 is 5.10. The number of ether oxygens (including phenoxy) is 1. The lowest BCUT2D eigenvalue weighted by Gasteiger charge is -2.15. The Morgan fingerprint density at radius 2 is 2.20 bits per heavy atom. The molecule has 0 atom stereocenters. The molecule has 0 aliphatic heterocycles. The van der Waals surface area contributed by atoms with Crippen LogP contribution in [0.15, 0.2) is 12.1 Å². The largest absolute Gasteiger partial charge is 0.506 e. The molecule has 1 saturated carbocycles. The Hall–Kier alpha value is -0.930. The first-order valence-corrected chi connectivity index (χ1v) is 5.28. The molecular formula is C11H14ClNO2. The normalized spacial score (nSPS) is 17.5. The molecule has 1 aliphatic carbocycles. The van der Waals surface area contributed by atoms with Crippen molar-refractivity contribution in [1.82, 2.24) is 0 Å². The summed E-state index contributed by atoms with van der Waals surface area (Å²) in [7, 11) is 1.53. The Labute approximate surface area is 93.8 Å². The molecule has 3 nitrogen and oxygen atoms in total. The minimum absolute atomic E-state index is 0.0371. The number of halogens is 1. The average Bonchev–Trinajstić information content (AvgIpc) is 3.02. The fraction of sp³-hybridized carbons (Fsp3) is 0.455. The predicted molar refractivity (Wildman–Crippen MR) is 59.6 cm³/mol. The van der Waals surface area contributed by atoms with Crippen molar-refractivity contribution in [3.05, 3.63) is 22.7 Å². The van der Waals surface area contributed by atoms with E-state index in [1.54, 1.807) is 6.07 Å². The summed E-state index contributed by atoms with van der Waals surface area (Å²) in [5, 5.41) is 9.90. The third-order valence-corrected chi connectivity index (χ3v) is 3.48. The minimum atomic E-state index is 0.0371. The third kappa shape index (κ3) is 1.66. The summed E-state index contributed by atoms with van der Waals surface area (Å²) in [5.74, 6) is 0.567. The number of methoxy groups -OCH3 is 1. The standard InChI is InChI=1S/C11H14ClNO2/c1-15-9-5-7(4-8(14)10(9)12)11(6-13)2-3-11/h4-5,14H,2-3,6,13H2,1H3. The van der Waals surface area contributed by atoms with Crippen molar-refractivity contribution in [2.45, 2.75) is 18.3 Å². The molecule has 1 aromatic rings. The first-order valence-electron chi connectivity index (χ1n) is 4.90. The maximum atomic E-state index is 9.65. The second-order valence-corrected chi connectivity index (χ2v) is 4.37. The summed E-state index contributed by atoms with van der Waals surface area (Å²) in [6.45, 7) is 0.594. The van der Waals surface area contributed by atoms with E-state index < -0.39 is 0 Å². The number of aromatic hydroxyl groups is 1. The van der Waals surface area contributed by atoms with Crippen molar-refractivity contribution in [1.29, 1.82) is 0 Å². The highest BCUT2D eigenvalue weighted by Crippen LogP contribution is 2.50. The number of nitrogens with two attached hydrogens (primary N) is 1. The lowest BCUT2D eigenvalue weighted by atomic mass is 9.96. The summed E-state index contributed by atoms with van der Waals surface area (Å²) in [5.41, 5.74) is 6.78. The first-order chi connectivity index (χ1) is 7.13. The monoisotopic (exact) mass is 227 g/mol. The van der Waals surface area contributed by atoms with Crippen LogP contribution >= 0.6 is 11.6 Å². The highest BCUT2D eigenvalue weighted by molar-refractivity contribution is 6.33. The summed E-state index contributed by atoms with van der Waals surface area (Å²) in [6.07, 6.45) is 2.13. The summed E-state index contributed by atoms with van der Waals surface area (Å²) in [4.78, 5) is 0. The van der Waals surface area contributed by atoms with E-state index in [1.807, 2.05) is 6.07 Å². The summed E-state index contributed by atoms with van der Waals surface area (Å²) in [6, 6.07) is 3.55. The van der Waals surface area contributed by atoms with E-state index in [2.05, 4.69) is 0 Å². The van der Waals surface area contributed by atoms with Gasteiger partial charge in [0.15, 0.2) is 0 Å². The van der Waals surface area contributed by atoms with Crippen LogP contribution in [0.2, 0.25) is 5.02 Å². The first kappa shape index (κ1) is 10.6. The van der Waals surface area contributed by atoms with E-state index in [9.17, 15) is 5.11 Å². The molecule has 3 N–H and O–H groups in total. The second-order valence-electron chi connectivity index (χ2n) is 4.00. The van der Waals surface area contributed by atoms with E-state index >= 15 is 0 Å². The number of phenols is 1. The van der Waals surface area contributed by atoms with Gasteiger partial charge in [-0.3, -0.25) is 0 Å². The van der Waals surface area contributed by atoms with Crippen LogP contribution in [-0.4, -0.2) is 18.8 Å². The highest BCUT2D eigenvalue weighted by Gasteiger charge is 2.43. The van der Waals surface area contributed by atoms with Crippen molar-refractivity contribution in [3.8, 4) is 11.5 Å². The Morgan fingerprint density at radius 1 is 1.53 bits per heavy atom. The van der Waals surface area contributed by atoms with E-state index in [1.165, 1.54) is 7.11 Å². The predicted octanol–water partition coefficient (Wildman–Crippen LogP) is 2.04. The van der Waals surface area contributed by atoms with Crippen molar-refractivity contribution < 1.29 is 9.84 Å². The fourth-order valence-corrected chi connectivity index (χ4v) is 1.99. The number of hydrogen-bond donors (Lipinski definition) is 2. The van der Waals surface area contributed by atoms with Crippen molar-refractivity contribution >= 4 is 11.6 Å². The zero-order chi connectivity index (χ0) is 11.1. The van der Waals surface area contributed by atoms with Crippen LogP contribution in [0.1, 0.15) is 18.4 Å². The smallest absolute Gasteiger partial charge is 0.141 e. The molecule has 4 heteroatoms. The molecule has 0 spiro atoms. The molecule has 1 aliphatic rings. The summed E-state index contributed by atoms with van der Waals surface area (Å²) >= 11 is 5.87. The molecular weight excluding hydrogens is 214 g/mol. The van der Waals surface area contributed by atoms with Gasteiger partial charge >= 0.3 is 0 Å². The molecule has 1 fully saturated rings. The quantitative estimate of drug-likeness (QED) is 0.831. The number of benzene rings is 1. The number of phenolic OH excluding ortho intramolecular Hbond substituents is 1. The van der Waals surface area contributed by atoms with Crippen LogP contribution in [-0.2, 0) is 5.41 Å². The van der Waals surface area contributed by atoms with Crippen LogP contribution in [0.3, 0.4) is 0 Å². The highest BCUT2D eigenvalue weighted by atomic mass is 35.5. The van der Waals surface area contributed by atoms with Gasteiger partial charge in [0, 0.05) is 12.0 Å². The number of hydrogen-bond acceptors (Lipinski definition) is 3. The van der Waals surface area contributed by atoms with Gasteiger partial charge in [-0.1, -0.05) is 11.6 Å². The van der Waals surface area contributed by atoms with Crippen molar-refractivity contribution in [3.63, 3.8) is 0 Å². The Morgan fingerprint density at radius 3 is 2.67 bits per heavy atom. The molecule has 0 radical (unpaired) electrons. The van der Waals surface area contributed by atoms with Gasteiger partial charge in [-0.15, -0.1) is 0 Å². The lowest BCUT2D eigenvalue weighted by molar-refractivity contribution is 0.406. The zero-order valence-corrected chi connectivity index (χ0v) is 9.34. The molecule has 0 unspecified atom stereocenters. The topological polar surface area (TPSA) is 55.5 Å². The second kappa shape index (κ2) is 3.58. The van der Waals surface area contributed by atoms with E-state index in [0.29, 0.717) is 12.3 Å². The van der Waals surface area contributed by atoms with Crippen LogP contribution < -0.4 is 10.5 Å². The van der Waals surface area contributed by atoms with Gasteiger partial charge in [-0.25, -0.2) is 0 Å². The molecule has 2 rings (SSSR count). The van der Waals surface area contributed by atoms with Crippen LogP contribution in [0.4, 0.5) is 0 Å². The number of rotatable bonds is 3. The van der Waals surface area contributed by atoms with Gasteiger partial charge in [0.05, 0.1) is 7.11 Å². The lowest BCUT2D eigenvalue weighted by Crippen LogP contribution is -2.19. The van der Waals surface area contributed by atoms with Gasteiger partial charge < -0.3 is 15.6 Å². The van der Waals surface area contributed by atoms with Gasteiger partial charge in [0.25, 0.3) is 0 Å². The Balaban J connectivity index is 2.46.